The fraction of sp³-hybridized carbons (Fsp3) is 0.250. The minimum Gasteiger partial charge on any atom is -0.493 e. The Bertz CT molecular complexity index is 1070. The summed E-state index contributed by atoms with van der Waals surface area (Å²) < 4.78 is 39.5. The Morgan fingerprint density at radius 2 is 1.97 bits per heavy atom. The monoisotopic (exact) mass is 419 g/mol. The summed E-state index contributed by atoms with van der Waals surface area (Å²) in [6.07, 6.45) is 0.655. The highest BCUT2D eigenvalue weighted by Gasteiger charge is 2.15. The zero-order chi connectivity index (χ0) is 21.7. The third-order valence-corrected chi connectivity index (χ3v) is 4.07. The average Bonchev–Trinajstić information content (AvgIpc) is 3.14. The normalized spacial score (nSPS) is 10.8. The van der Waals surface area contributed by atoms with Gasteiger partial charge >= 0.3 is 6.61 Å². The molecule has 158 valence electrons. The van der Waals surface area contributed by atoms with Gasteiger partial charge in [-0.05, 0) is 36.4 Å². The number of fused-ring (bicyclic) bond motifs is 1. The van der Waals surface area contributed by atoms with Crippen LogP contribution in [-0.2, 0) is 11.2 Å². The van der Waals surface area contributed by atoms with Crippen molar-refractivity contribution in [3.63, 3.8) is 0 Å². The smallest absolute Gasteiger partial charge is 0.387 e. The van der Waals surface area contributed by atoms with E-state index in [9.17, 15) is 18.4 Å². The SMILES string of the molecule is CCc1nc2cc(NC(=O)CNC(=O)c3ccc(OC(F)F)c(OC)c3)ccc2o1. The Kier molecular flexibility index (Phi) is 6.45. The minimum absolute atomic E-state index is 0.0280. The summed E-state index contributed by atoms with van der Waals surface area (Å²) in [4.78, 5) is 28.7. The molecule has 0 bridgehead atoms. The van der Waals surface area contributed by atoms with Crippen molar-refractivity contribution in [1.29, 1.82) is 0 Å². The molecule has 10 heteroatoms. The van der Waals surface area contributed by atoms with Gasteiger partial charge in [0.15, 0.2) is 23.0 Å². The lowest BCUT2D eigenvalue weighted by atomic mass is 10.2. The van der Waals surface area contributed by atoms with Gasteiger partial charge in [-0.15, -0.1) is 0 Å². The lowest BCUT2D eigenvalue weighted by molar-refractivity contribution is -0.115. The molecule has 3 rings (SSSR count). The molecule has 8 nitrogen and oxygen atoms in total. The van der Waals surface area contributed by atoms with Crippen LogP contribution in [0.4, 0.5) is 14.5 Å². The molecular formula is C20H19F2N3O5. The summed E-state index contributed by atoms with van der Waals surface area (Å²) >= 11 is 0. The van der Waals surface area contributed by atoms with Gasteiger partial charge in [0.1, 0.15) is 5.52 Å². The molecule has 3 aromatic rings. The molecule has 0 saturated heterocycles. The van der Waals surface area contributed by atoms with E-state index in [1.165, 1.54) is 25.3 Å². The lowest BCUT2D eigenvalue weighted by Crippen LogP contribution is -2.32. The van der Waals surface area contributed by atoms with Crippen LogP contribution in [0.3, 0.4) is 0 Å². The summed E-state index contributed by atoms with van der Waals surface area (Å²) in [5, 5.41) is 5.11. The Morgan fingerprint density at radius 3 is 2.67 bits per heavy atom. The quantitative estimate of drug-likeness (QED) is 0.580. The number of methoxy groups -OCH3 is 1. The van der Waals surface area contributed by atoms with Gasteiger partial charge in [0.25, 0.3) is 5.91 Å². The predicted octanol–water partition coefficient (Wildman–Crippen LogP) is 3.37. The minimum atomic E-state index is -3.02. The molecule has 2 amide bonds. The topological polar surface area (TPSA) is 103 Å². The van der Waals surface area contributed by atoms with Crippen LogP contribution in [0.5, 0.6) is 11.5 Å². The number of alkyl halides is 2. The molecule has 0 saturated carbocycles. The van der Waals surface area contributed by atoms with Crippen molar-refractivity contribution in [2.45, 2.75) is 20.0 Å². The standard InChI is InChI=1S/C20H19F2N3O5/c1-3-18-25-13-9-12(5-7-14(13)29-18)24-17(26)10-23-19(27)11-4-6-15(30-20(21)22)16(8-11)28-2/h4-9,20H,3,10H2,1-2H3,(H,23,27)(H,24,26). The molecular weight excluding hydrogens is 400 g/mol. The first-order valence-corrected chi connectivity index (χ1v) is 9.00. The Balaban J connectivity index is 1.59. The lowest BCUT2D eigenvalue weighted by Gasteiger charge is -2.11. The largest absolute Gasteiger partial charge is 0.493 e. The summed E-state index contributed by atoms with van der Waals surface area (Å²) in [5.41, 5.74) is 1.86. The number of hydrogen-bond acceptors (Lipinski definition) is 6. The molecule has 0 aliphatic rings. The van der Waals surface area contributed by atoms with Gasteiger partial charge < -0.3 is 24.5 Å². The summed E-state index contributed by atoms with van der Waals surface area (Å²) in [6.45, 7) is -1.40. The zero-order valence-electron chi connectivity index (χ0n) is 16.2. The summed E-state index contributed by atoms with van der Waals surface area (Å²) in [6, 6.07) is 8.76. The Morgan fingerprint density at radius 1 is 1.17 bits per heavy atom. The highest BCUT2D eigenvalue weighted by atomic mass is 19.3. The number of aromatic nitrogens is 1. The predicted molar refractivity (Wildman–Crippen MR) is 104 cm³/mol. The maximum atomic E-state index is 12.4. The Labute approximate surface area is 170 Å². The van der Waals surface area contributed by atoms with E-state index in [1.54, 1.807) is 18.2 Å². The number of nitrogens with zero attached hydrogens (tertiary/aromatic N) is 1. The van der Waals surface area contributed by atoms with Gasteiger partial charge in [0.2, 0.25) is 5.91 Å². The van der Waals surface area contributed by atoms with Crippen LogP contribution in [0.1, 0.15) is 23.2 Å². The van der Waals surface area contributed by atoms with Crippen molar-refractivity contribution in [3.05, 3.63) is 47.9 Å². The van der Waals surface area contributed by atoms with Gasteiger partial charge in [-0.25, -0.2) is 4.98 Å². The number of amides is 2. The molecule has 0 fully saturated rings. The van der Waals surface area contributed by atoms with Crippen LogP contribution >= 0.6 is 0 Å². The number of oxazole rings is 1. The number of rotatable bonds is 8. The first-order valence-electron chi connectivity index (χ1n) is 9.00. The van der Waals surface area contributed by atoms with E-state index in [-0.39, 0.29) is 23.6 Å². The maximum Gasteiger partial charge on any atom is 0.387 e. The number of carbonyl (C=O) groups is 2. The van der Waals surface area contributed by atoms with Gasteiger partial charge in [-0.2, -0.15) is 8.78 Å². The van der Waals surface area contributed by atoms with Gasteiger partial charge in [0.05, 0.1) is 13.7 Å². The van der Waals surface area contributed by atoms with Crippen molar-refractivity contribution in [2.75, 3.05) is 19.0 Å². The van der Waals surface area contributed by atoms with Crippen molar-refractivity contribution in [2.24, 2.45) is 0 Å². The molecule has 1 heterocycles. The molecule has 0 unspecified atom stereocenters. The van der Waals surface area contributed by atoms with Gasteiger partial charge in [-0.3, -0.25) is 9.59 Å². The molecule has 0 spiro atoms. The van der Waals surface area contributed by atoms with Crippen LogP contribution in [0.2, 0.25) is 0 Å². The second kappa shape index (κ2) is 9.21. The average molecular weight is 419 g/mol. The van der Waals surface area contributed by atoms with E-state index < -0.39 is 18.4 Å². The number of benzene rings is 2. The number of hydrogen-bond donors (Lipinski definition) is 2. The van der Waals surface area contributed by atoms with E-state index in [1.807, 2.05) is 6.92 Å². The number of aryl methyl sites for hydroxylation is 1. The molecule has 0 aliphatic heterocycles. The summed E-state index contributed by atoms with van der Waals surface area (Å²) in [7, 11) is 1.26. The van der Waals surface area contributed by atoms with Crippen LogP contribution in [0, 0.1) is 0 Å². The maximum absolute atomic E-state index is 12.4. The van der Waals surface area contributed by atoms with Gasteiger partial charge in [0, 0.05) is 17.7 Å². The number of anilines is 1. The highest BCUT2D eigenvalue weighted by Crippen LogP contribution is 2.29. The first kappa shape index (κ1) is 21.0. The van der Waals surface area contributed by atoms with E-state index in [0.717, 1.165) is 0 Å². The number of halogens is 2. The second-order valence-corrected chi connectivity index (χ2v) is 6.12. The van der Waals surface area contributed by atoms with Gasteiger partial charge in [-0.1, -0.05) is 6.92 Å². The van der Waals surface area contributed by atoms with Crippen molar-refractivity contribution in [1.82, 2.24) is 10.3 Å². The highest BCUT2D eigenvalue weighted by molar-refractivity contribution is 6.00. The molecule has 0 aliphatic carbocycles. The van der Waals surface area contributed by atoms with Crippen molar-refractivity contribution >= 4 is 28.6 Å². The number of nitrogens with one attached hydrogen (secondary N) is 2. The molecule has 0 atom stereocenters. The third kappa shape index (κ3) is 5.02. The molecule has 0 radical (unpaired) electrons. The van der Waals surface area contributed by atoms with Crippen molar-refractivity contribution in [3.8, 4) is 11.5 Å². The number of carbonyl (C=O) groups excluding carboxylic acids is 2. The van der Waals surface area contributed by atoms with Crippen LogP contribution in [0.25, 0.3) is 11.1 Å². The van der Waals surface area contributed by atoms with E-state index in [2.05, 4.69) is 20.4 Å². The zero-order valence-corrected chi connectivity index (χ0v) is 16.2. The fourth-order valence-corrected chi connectivity index (χ4v) is 2.67. The molecule has 1 aromatic heterocycles. The molecule has 2 aromatic carbocycles. The molecule has 2 N–H and O–H groups in total. The van der Waals surface area contributed by atoms with Crippen molar-refractivity contribution < 1.29 is 32.3 Å². The summed E-state index contributed by atoms with van der Waals surface area (Å²) in [5.74, 6) is -0.657. The molecule has 30 heavy (non-hydrogen) atoms. The van der Waals surface area contributed by atoms with Crippen LogP contribution in [0.15, 0.2) is 40.8 Å². The van der Waals surface area contributed by atoms with E-state index >= 15 is 0 Å². The van der Waals surface area contributed by atoms with Crippen LogP contribution in [-0.4, -0.2) is 37.1 Å². The van der Waals surface area contributed by atoms with E-state index in [4.69, 9.17) is 9.15 Å². The van der Waals surface area contributed by atoms with Crippen LogP contribution < -0.4 is 20.1 Å². The second-order valence-electron chi connectivity index (χ2n) is 6.12. The fourth-order valence-electron chi connectivity index (χ4n) is 2.67. The Hall–Kier alpha value is -3.69. The van der Waals surface area contributed by atoms with E-state index in [0.29, 0.717) is 29.1 Å². The third-order valence-electron chi connectivity index (χ3n) is 4.07. The number of ether oxygens (including phenoxy) is 2. The first-order chi connectivity index (χ1) is 14.4.